The van der Waals surface area contributed by atoms with Crippen molar-refractivity contribution in [1.29, 1.82) is 0 Å². The van der Waals surface area contributed by atoms with Crippen molar-refractivity contribution >= 4 is 5.97 Å². The number of phenols is 2. The highest BCUT2D eigenvalue weighted by Gasteiger charge is 2.33. The van der Waals surface area contributed by atoms with Crippen LogP contribution in [0, 0.1) is 0 Å². The van der Waals surface area contributed by atoms with E-state index in [1.54, 1.807) is 0 Å². The normalized spacial score (nSPS) is 14.8. The standard InChI is InChI=1S/C16H20N2O6/c1-9(18-13(21)5-6-14(18)22)24-15(23)16(2,17)8-10-3-4-11(19)12(20)7-10/h3-7,9,19-22H,8,17H2,1-2H3/t9?,16-/m0/s1. The van der Waals surface area contributed by atoms with E-state index < -0.39 is 17.7 Å². The van der Waals surface area contributed by atoms with Gasteiger partial charge in [-0.3, -0.25) is 0 Å². The number of rotatable bonds is 5. The van der Waals surface area contributed by atoms with Crippen molar-refractivity contribution in [3.63, 3.8) is 0 Å². The second-order valence-corrected chi connectivity index (χ2v) is 5.84. The molecule has 6 N–H and O–H groups in total. The molecule has 130 valence electrons. The molecule has 24 heavy (non-hydrogen) atoms. The number of benzene rings is 1. The predicted octanol–water partition coefficient (Wildman–Crippen LogP) is 1.33. The molecular weight excluding hydrogens is 316 g/mol. The van der Waals surface area contributed by atoms with Gasteiger partial charge in [0.05, 0.1) is 0 Å². The lowest BCUT2D eigenvalue weighted by Crippen LogP contribution is -2.48. The second kappa shape index (κ2) is 6.32. The molecule has 8 heteroatoms. The molecule has 0 amide bonds. The third-order valence-corrected chi connectivity index (χ3v) is 3.59. The number of carbonyl (C=O) groups is 1. The highest BCUT2D eigenvalue weighted by Crippen LogP contribution is 2.29. The summed E-state index contributed by atoms with van der Waals surface area (Å²) in [5, 5.41) is 38.1. The fraction of sp³-hybridized carbons (Fsp3) is 0.312. The minimum absolute atomic E-state index is 0.0516. The number of phenolic OH excluding ortho intramolecular Hbond substituents is 2. The Morgan fingerprint density at radius 2 is 1.75 bits per heavy atom. The van der Waals surface area contributed by atoms with Gasteiger partial charge in [-0.25, -0.2) is 9.36 Å². The Kier molecular flexibility index (Phi) is 4.61. The molecule has 2 rings (SSSR count). The van der Waals surface area contributed by atoms with Crippen molar-refractivity contribution in [2.45, 2.75) is 32.0 Å². The van der Waals surface area contributed by atoms with Crippen molar-refractivity contribution < 1.29 is 30.0 Å². The van der Waals surface area contributed by atoms with E-state index in [4.69, 9.17) is 10.5 Å². The van der Waals surface area contributed by atoms with Crippen LogP contribution in [0.2, 0.25) is 0 Å². The molecule has 0 bridgehead atoms. The van der Waals surface area contributed by atoms with Crippen LogP contribution in [0.1, 0.15) is 25.6 Å². The van der Waals surface area contributed by atoms with Crippen molar-refractivity contribution in [2.24, 2.45) is 5.73 Å². The average molecular weight is 336 g/mol. The maximum absolute atomic E-state index is 12.3. The molecule has 0 aliphatic heterocycles. The van der Waals surface area contributed by atoms with Crippen molar-refractivity contribution in [3.8, 4) is 23.3 Å². The lowest BCUT2D eigenvalue weighted by Gasteiger charge is -2.26. The monoisotopic (exact) mass is 336 g/mol. The first-order valence-electron chi connectivity index (χ1n) is 7.22. The van der Waals surface area contributed by atoms with Gasteiger partial charge in [0, 0.05) is 18.6 Å². The number of nitrogens with two attached hydrogens (primary N) is 1. The lowest BCUT2D eigenvalue weighted by molar-refractivity contribution is -0.159. The minimum atomic E-state index is -1.42. The molecule has 0 radical (unpaired) electrons. The SMILES string of the molecule is CC(OC(=O)[C@@](C)(N)Cc1ccc(O)c(O)c1)n1c(O)ccc1O. The molecular formula is C16H20N2O6. The van der Waals surface area contributed by atoms with E-state index in [9.17, 15) is 25.2 Å². The number of hydrogen-bond acceptors (Lipinski definition) is 7. The van der Waals surface area contributed by atoms with E-state index >= 15 is 0 Å². The zero-order valence-corrected chi connectivity index (χ0v) is 13.3. The number of hydrogen-bond donors (Lipinski definition) is 5. The van der Waals surface area contributed by atoms with Crippen LogP contribution in [0.4, 0.5) is 0 Å². The number of aromatic hydroxyl groups is 4. The zero-order chi connectivity index (χ0) is 18.1. The summed E-state index contributed by atoms with van der Waals surface area (Å²) < 4.78 is 6.24. The van der Waals surface area contributed by atoms with E-state index in [1.165, 1.54) is 44.2 Å². The molecule has 1 aromatic carbocycles. The van der Waals surface area contributed by atoms with Gasteiger partial charge in [0.25, 0.3) is 0 Å². The quantitative estimate of drug-likeness (QED) is 0.410. The maximum atomic E-state index is 12.3. The van der Waals surface area contributed by atoms with Crippen LogP contribution in [-0.2, 0) is 16.0 Å². The Morgan fingerprint density at radius 1 is 1.17 bits per heavy atom. The topological polar surface area (TPSA) is 138 Å². The number of nitrogens with zero attached hydrogens (tertiary/aromatic N) is 1. The smallest absolute Gasteiger partial charge is 0.328 e. The largest absolute Gasteiger partial charge is 0.504 e. The van der Waals surface area contributed by atoms with Gasteiger partial charge in [-0.15, -0.1) is 0 Å². The molecule has 0 aliphatic carbocycles. The predicted molar refractivity (Wildman–Crippen MR) is 84.6 cm³/mol. The van der Waals surface area contributed by atoms with Gasteiger partial charge in [-0.1, -0.05) is 6.07 Å². The Hall–Kier alpha value is -2.87. The molecule has 0 saturated carbocycles. The molecule has 8 nitrogen and oxygen atoms in total. The van der Waals surface area contributed by atoms with Crippen LogP contribution in [0.25, 0.3) is 0 Å². The average Bonchev–Trinajstić information content (AvgIpc) is 2.81. The fourth-order valence-electron chi connectivity index (χ4n) is 2.32. The fourth-order valence-corrected chi connectivity index (χ4v) is 2.32. The van der Waals surface area contributed by atoms with Crippen molar-refractivity contribution in [1.82, 2.24) is 4.57 Å². The van der Waals surface area contributed by atoms with Gasteiger partial charge in [-0.2, -0.15) is 0 Å². The molecule has 0 spiro atoms. The van der Waals surface area contributed by atoms with Crippen LogP contribution in [0.3, 0.4) is 0 Å². The molecule has 2 aromatic rings. The van der Waals surface area contributed by atoms with Gasteiger partial charge in [0.15, 0.2) is 29.5 Å². The van der Waals surface area contributed by atoms with Gasteiger partial charge < -0.3 is 30.9 Å². The van der Waals surface area contributed by atoms with E-state index in [-0.39, 0.29) is 29.7 Å². The summed E-state index contributed by atoms with van der Waals surface area (Å²) in [5.41, 5.74) is 5.12. The van der Waals surface area contributed by atoms with E-state index in [1.807, 2.05) is 0 Å². The Bertz CT molecular complexity index is 734. The van der Waals surface area contributed by atoms with Gasteiger partial charge in [0.1, 0.15) is 5.54 Å². The van der Waals surface area contributed by atoms with E-state index in [0.717, 1.165) is 4.57 Å². The van der Waals surface area contributed by atoms with Gasteiger partial charge in [-0.05, 0) is 31.5 Å². The molecule has 1 aromatic heterocycles. The number of aromatic nitrogens is 1. The maximum Gasteiger partial charge on any atom is 0.328 e. The molecule has 0 aliphatic rings. The van der Waals surface area contributed by atoms with Crippen LogP contribution in [-0.4, -0.2) is 36.5 Å². The summed E-state index contributed by atoms with van der Waals surface area (Å²) in [4.78, 5) is 12.3. The molecule has 0 fully saturated rings. The van der Waals surface area contributed by atoms with Crippen molar-refractivity contribution in [2.75, 3.05) is 0 Å². The lowest BCUT2D eigenvalue weighted by atomic mass is 9.94. The summed E-state index contributed by atoms with van der Waals surface area (Å²) in [5.74, 6) is -1.85. The highest BCUT2D eigenvalue weighted by atomic mass is 16.6. The zero-order valence-electron chi connectivity index (χ0n) is 13.3. The third-order valence-electron chi connectivity index (χ3n) is 3.59. The Labute approximate surface area is 138 Å². The first kappa shape index (κ1) is 17.5. The molecule has 1 unspecified atom stereocenters. The van der Waals surface area contributed by atoms with Gasteiger partial charge >= 0.3 is 5.97 Å². The van der Waals surface area contributed by atoms with Crippen LogP contribution >= 0.6 is 0 Å². The van der Waals surface area contributed by atoms with Crippen LogP contribution < -0.4 is 5.73 Å². The highest BCUT2D eigenvalue weighted by molar-refractivity contribution is 5.80. The summed E-state index contributed by atoms with van der Waals surface area (Å²) in [6, 6.07) is 6.66. The number of esters is 1. The number of carbonyl (C=O) groups excluding carboxylic acids is 1. The Balaban J connectivity index is 2.11. The summed E-state index contributed by atoms with van der Waals surface area (Å²) in [7, 11) is 0. The second-order valence-electron chi connectivity index (χ2n) is 5.84. The summed E-state index contributed by atoms with van der Waals surface area (Å²) in [6.07, 6.45) is -0.917. The summed E-state index contributed by atoms with van der Waals surface area (Å²) in [6.45, 7) is 2.93. The first-order valence-corrected chi connectivity index (χ1v) is 7.22. The van der Waals surface area contributed by atoms with E-state index in [2.05, 4.69) is 0 Å². The van der Waals surface area contributed by atoms with Crippen LogP contribution in [0.15, 0.2) is 30.3 Å². The Morgan fingerprint density at radius 3 is 2.29 bits per heavy atom. The van der Waals surface area contributed by atoms with Crippen molar-refractivity contribution in [3.05, 3.63) is 35.9 Å². The van der Waals surface area contributed by atoms with Crippen LogP contribution in [0.5, 0.6) is 23.3 Å². The van der Waals surface area contributed by atoms with E-state index in [0.29, 0.717) is 5.56 Å². The minimum Gasteiger partial charge on any atom is -0.504 e. The number of ether oxygens (including phenoxy) is 1. The molecule has 1 heterocycles. The summed E-state index contributed by atoms with van der Waals surface area (Å²) >= 11 is 0. The molecule has 2 atom stereocenters. The van der Waals surface area contributed by atoms with Gasteiger partial charge in [0.2, 0.25) is 0 Å². The molecule has 0 saturated heterocycles. The third kappa shape index (κ3) is 3.54. The first-order chi connectivity index (χ1) is 11.1.